The Kier molecular flexibility index (Phi) is 5.24. The molecule has 0 spiro atoms. The van der Waals surface area contributed by atoms with Crippen molar-refractivity contribution in [2.24, 2.45) is 10.4 Å². The van der Waals surface area contributed by atoms with E-state index in [9.17, 15) is 14.3 Å². The van der Waals surface area contributed by atoms with Crippen molar-refractivity contribution >= 4 is 17.5 Å². The Labute approximate surface area is 175 Å². The molecule has 2 aliphatic rings. The summed E-state index contributed by atoms with van der Waals surface area (Å²) in [4.78, 5) is 20.7. The molecular weight excluding hydrogens is 385 g/mol. The van der Waals surface area contributed by atoms with E-state index < -0.39 is 11.4 Å². The maximum Gasteiger partial charge on any atom is 0.310 e. The van der Waals surface area contributed by atoms with Gasteiger partial charge in [0.2, 0.25) is 0 Å². The third-order valence-corrected chi connectivity index (χ3v) is 5.62. The molecule has 0 saturated carbocycles. The molecule has 4 rings (SSSR count). The topological polar surface area (TPSA) is 65.4 Å². The van der Waals surface area contributed by atoms with Crippen LogP contribution >= 0.6 is 0 Å². The van der Waals surface area contributed by atoms with Crippen molar-refractivity contribution in [2.75, 3.05) is 32.7 Å². The van der Waals surface area contributed by atoms with Gasteiger partial charge in [-0.1, -0.05) is 6.07 Å². The van der Waals surface area contributed by atoms with Gasteiger partial charge in [-0.05, 0) is 50.6 Å². The number of rotatable bonds is 3. The molecule has 0 aliphatic carbocycles. The van der Waals surface area contributed by atoms with Crippen LogP contribution in [0, 0.1) is 18.2 Å². The molecule has 6 nitrogen and oxygen atoms in total. The van der Waals surface area contributed by atoms with Crippen LogP contribution in [0.2, 0.25) is 0 Å². The number of benzene rings is 2. The summed E-state index contributed by atoms with van der Waals surface area (Å²) >= 11 is 0. The van der Waals surface area contributed by atoms with Gasteiger partial charge in [-0.2, -0.15) is 0 Å². The second-order valence-electron chi connectivity index (χ2n) is 8.60. The first-order valence-corrected chi connectivity index (χ1v) is 10.1. The summed E-state index contributed by atoms with van der Waals surface area (Å²) in [5.74, 6) is 0.707. The molecule has 0 radical (unpaired) electrons. The van der Waals surface area contributed by atoms with Gasteiger partial charge in [0.25, 0.3) is 0 Å². The molecule has 0 unspecified atom stereocenters. The maximum atomic E-state index is 13.8. The van der Waals surface area contributed by atoms with Crippen LogP contribution in [-0.4, -0.2) is 59.4 Å². The van der Waals surface area contributed by atoms with Crippen LogP contribution in [0.5, 0.6) is 11.5 Å². The molecule has 0 amide bonds. The minimum absolute atomic E-state index is 0.365. The lowest BCUT2D eigenvalue weighted by molar-refractivity contribution is -0.148. The van der Waals surface area contributed by atoms with E-state index in [1.165, 1.54) is 12.1 Å². The maximum absolute atomic E-state index is 13.8. The Bertz CT molecular complexity index is 1010. The highest BCUT2D eigenvalue weighted by molar-refractivity contribution is 6.03. The lowest BCUT2D eigenvalue weighted by Crippen LogP contribution is -2.52. The van der Waals surface area contributed by atoms with E-state index in [0.717, 1.165) is 43.1 Å². The third kappa shape index (κ3) is 4.03. The fourth-order valence-corrected chi connectivity index (χ4v) is 3.84. The molecule has 2 heterocycles. The van der Waals surface area contributed by atoms with Gasteiger partial charge in [-0.25, -0.2) is 9.38 Å². The van der Waals surface area contributed by atoms with Crippen molar-refractivity contribution in [3.05, 3.63) is 53.3 Å². The Balaban J connectivity index is 1.62. The summed E-state index contributed by atoms with van der Waals surface area (Å²) in [6.07, 6.45) is 0. The fraction of sp³-hybridized carbons (Fsp3) is 0.391. The highest BCUT2D eigenvalue weighted by Gasteiger charge is 2.32. The average Bonchev–Trinajstić information content (AvgIpc) is 2.84. The Morgan fingerprint density at radius 2 is 1.87 bits per heavy atom. The van der Waals surface area contributed by atoms with Gasteiger partial charge >= 0.3 is 5.97 Å². The zero-order valence-electron chi connectivity index (χ0n) is 17.5. The third-order valence-electron chi connectivity index (χ3n) is 5.62. The molecule has 0 aromatic heterocycles. The van der Waals surface area contributed by atoms with Crippen molar-refractivity contribution in [1.29, 1.82) is 0 Å². The normalized spacial score (nSPS) is 16.8. The van der Waals surface area contributed by atoms with Gasteiger partial charge in [0.1, 0.15) is 23.1 Å². The number of piperazine rings is 1. The van der Waals surface area contributed by atoms with Crippen molar-refractivity contribution < 1.29 is 19.0 Å². The van der Waals surface area contributed by atoms with Gasteiger partial charge in [0.05, 0.1) is 11.0 Å². The fourth-order valence-electron chi connectivity index (χ4n) is 3.84. The molecule has 30 heavy (non-hydrogen) atoms. The minimum atomic E-state index is -0.789. The van der Waals surface area contributed by atoms with Crippen molar-refractivity contribution in [2.45, 2.75) is 20.8 Å². The van der Waals surface area contributed by atoms with Crippen LogP contribution in [0.15, 0.2) is 41.4 Å². The van der Waals surface area contributed by atoms with Gasteiger partial charge in [0.15, 0.2) is 5.75 Å². The van der Waals surface area contributed by atoms with E-state index in [4.69, 9.17) is 9.73 Å². The molecule has 158 valence electrons. The first-order valence-electron chi connectivity index (χ1n) is 10.1. The van der Waals surface area contributed by atoms with Crippen molar-refractivity contribution in [1.82, 2.24) is 9.80 Å². The summed E-state index contributed by atoms with van der Waals surface area (Å²) in [5.41, 5.74) is 1.73. The smallest absolute Gasteiger partial charge is 0.310 e. The molecule has 0 bridgehead atoms. The molecule has 1 N–H and O–H groups in total. The molecule has 2 aliphatic heterocycles. The summed E-state index contributed by atoms with van der Waals surface area (Å²) in [5, 5.41) is 9.41. The number of hydrogen-bond acceptors (Lipinski definition) is 5. The second kappa shape index (κ2) is 7.72. The predicted octanol–water partition coefficient (Wildman–Crippen LogP) is 4.05. The minimum Gasteiger partial charge on any atom is -0.481 e. The second-order valence-corrected chi connectivity index (χ2v) is 8.60. The number of amidine groups is 1. The van der Waals surface area contributed by atoms with E-state index in [2.05, 4.69) is 9.80 Å². The molecule has 1 saturated heterocycles. The molecule has 7 heteroatoms. The van der Waals surface area contributed by atoms with Crippen molar-refractivity contribution in [3.63, 3.8) is 0 Å². The first kappa shape index (κ1) is 20.3. The van der Waals surface area contributed by atoms with Crippen LogP contribution in [0.1, 0.15) is 25.0 Å². The highest BCUT2D eigenvalue weighted by Crippen LogP contribution is 2.39. The van der Waals surface area contributed by atoms with Crippen LogP contribution in [0.25, 0.3) is 0 Å². The standard InChI is InChI=1S/C23H26FN3O3/c1-15-4-6-17-19(12-15)30-20-13-16(24)5-7-18(20)25-21(17)27-10-8-26(9-11-27)14-23(2,3)22(28)29/h4-7,12-13H,8-11,14H2,1-3H3,(H,28,29). The van der Waals surface area contributed by atoms with E-state index in [1.807, 2.05) is 25.1 Å². The Morgan fingerprint density at radius 1 is 1.13 bits per heavy atom. The van der Waals surface area contributed by atoms with Crippen LogP contribution in [0.3, 0.4) is 0 Å². The number of aliphatic imine (C=N–C) groups is 1. The van der Waals surface area contributed by atoms with Crippen LogP contribution in [-0.2, 0) is 4.79 Å². The van der Waals surface area contributed by atoms with Crippen molar-refractivity contribution in [3.8, 4) is 11.5 Å². The number of aryl methyl sites for hydroxylation is 1. The first-order chi connectivity index (χ1) is 14.2. The van der Waals surface area contributed by atoms with Crippen LogP contribution in [0.4, 0.5) is 10.1 Å². The molecular formula is C23H26FN3O3. The molecule has 2 aromatic rings. The van der Waals surface area contributed by atoms with Gasteiger partial charge in [-0.15, -0.1) is 0 Å². The quantitative estimate of drug-likeness (QED) is 0.826. The highest BCUT2D eigenvalue weighted by atomic mass is 19.1. The van der Waals surface area contributed by atoms with E-state index >= 15 is 0 Å². The van der Waals surface area contributed by atoms with Gasteiger partial charge in [0, 0.05) is 38.8 Å². The zero-order chi connectivity index (χ0) is 21.5. The number of carboxylic acid groups (broad SMARTS) is 1. The monoisotopic (exact) mass is 411 g/mol. The van der Waals surface area contributed by atoms with E-state index in [-0.39, 0.29) is 5.82 Å². The van der Waals surface area contributed by atoms with E-state index in [1.54, 1.807) is 19.9 Å². The predicted molar refractivity (Wildman–Crippen MR) is 113 cm³/mol. The summed E-state index contributed by atoms with van der Waals surface area (Å²) in [6.45, 7) is 8.93. The molecule has 2 aromatic carbocycles. The summed E-state index contributed by atoms with van der Waals surface area (Å²) in [6, 6.07) is 10.3. The van der Waals surface area contributed by atoms with Gasteiger partial charge < -0.3 is 14.7 Å². The molecule has 0 atom stereocenters. The summed E-state index contributed by atoms with van der Waals surface area (Å²) < 4.78 is 19.8. The number of halogens is 1. The number of nitrogens with zero attached hydrogens (tertiary/aromatic N) is 3. The lowest BCUT2D eigenvalue weighted by atomic mass is 9.93. The molecule has 1 fully saturated rings. The summed E-state index contributed by atoms with van der Waals surface area (Å²) in [7, 11) is 0. The van der Waals surface area contributed by atoms with Gasteiger partial charge in [-0.3, -0.25) is 9.69 Å². The zero-order valence-corrected chi connectivity index (χ0v) is 17.5. The van der Waals surface area contributed by atoms with Crippen LogP contribution < -0.4 is 4.74 Å². The van der Waals surface area contributed by atoms with E-state index in [0.29, 0.717) is 23.7 Å². The SMILES string of the molecule is Cc1ccc2c(c1)Oc1cc(F)ccc1N=C2N1CCN(CC(C)(C)C(=O)O)CC1. The lowest BCUT2D eigenvalue weighted by Gasteiger charge is -2.39. The average molecular weight is 411 g/mol. The Morgan fingerprint density at radius 3 is 2.57 bits per heavy atom. The number of ether oxygens (including phenoxy) is 1. The number of hydrogen-bond donors (Lipinski definition) is 1. The largest absolute Gasteiger partial charge is 0.481 e. The number of fused-ring (bicyclic) bond motifs is 2. The number of aliphatic carboxylic acids is 1. The number of carboxylic acids is 1. The number of carbonyl (C=O) groups is 1. The Hall–Kier alpha value is -2.93.